The minimum Gasteiger partial charge on any atom is -0.468 e. The maximum atomic E-state index is 13.7. The third kappa shape index (κ3) is 1.18. The number of anilines is 1. The third-order valence-corrected chi connectivity index (χ3v) is 8.39. The normalized spacial score (nSPS) is 53.4. The summed E-state index contributed by atoms with van der Waals surface area (Å²) in [6.45, 7) is 2.92. The van der Waals surface area contributed by atoms with Crippen LogP contribution < -0.4 is 5.32 Å². The number of methoxy groups -OCH3 is 1. The first-order valence-corrected chi connectivity index (χ1v) is 9.84. The van der Waals surface area contributed by atoms with Crippen molar-refractivity contribution in [3.05, 3.63) is 41.5 Å². The van der Waals surface area contributed by atoms with Gasteiger partial charge in [0.25, 0.3) is 0 Å². The zero-order chi connectivity index (χ0) is 18.2. The van der Waals surface area contributed by atoms with Gasteiger partial charge in [-0.1, -0.05) is 29.8 Å². The topological polar surface area (TPSA) is 60.0 Å². The van der Waals surface area contributed by atoms with Crippen LogP contribution >= 0.6 is 0 Å². The van der Waals surface area contributed by atoms with Crippen molar-refractivity contribution in [3.63, 3.8) is 0 Å². The predicted octanol–water partition coefficient (Wildman–Crippen LogP) is 1.97. The summed E-state index contributed by atoms with van der Waals surface area (Å²) in [4.78, 5) is 16.0. The number of esters is 1. The first-order valence-electron chi connectivity index (χ1n) is 9.84. The Morgan fingerprint density at radius 1 is 1.41 bits per heavy atom. The second-order valence-electron chi connectivity index (χ2n) is 8.75. The highest BCUT2D eigenvalue weighted by atomic mass is 16.7. The lowest BCUT2D eigenvalue weighted by molar-refractivity contribution is -0.303. The van der Waals surface area contributed by atoms with Crippen molar-refractivity contribution in [1.82, 2.24) is 4.90 Å². The molecule has 1 aromatic carbocycles. The van der Waals surface area contributed by atoms with Crippen LogP contribution in [0.2, 0.25) is 0 Å². The van der Waals surface area contributed by atoms with E-state index in [4.69, 9.17) is 14.2 Å². The first kappa shape index (κ1) is 15.1. The molecule has 27 heavy (non-hydrogen) atoms. The summed E-state index contributed by atoms with van der Waals surface area (Å²) in [6.07, 6.45) is 3.20. The highest BCUT2D eigenvalue weighted by molar-refractivity contribution is 5.87. The van der Waals surface area contributed by atoms with Crippen molar-refractivity contribution < 1.29 is 19.0 Å². The van der Waals surface area contributed by atoms with Gasteiger partial charge in [-0.25, -0.2) is 0 Å². The largest absolute Gasteiger partial charge is 0.468 e. The van der Waals surface area contributed by atoms with Gasteiger partial charge in [0.05, 0.1) is 18.6 Å². The van der Waals surface area contributed by atoms with E-state index in [1.165, 1.54) is 18.2 Å². The summed E-state index contributed by atoms with van der Waals surface area (Å²) in [5.74, 6) is -0.0368. The van der Waals surface area contributed by atoms with Gasteiger partial charge in [-0.05, 0) is 25.0 Å². The number of allylic oxidation sites excluding steroid dienone is 1. The van der Waals surface area contributed by atoms with Gasteiger partial charge in [0, 0.05) is 24.6 Å². The minimum absolute atomic E-state index is 0.124. The fraction of sp³-hybridized carbons (Fsp3) is 0.571. The Bertz CT molecular complexity index is 946. The number of rotatable bonds is 1. The molecule has 6 saturated heterocycles. The number of fused-ring (bicyclic) bond motifs is 3. The van der Waals surface area contributed by atoms with Gasteiger partial charge >= 0.3 is 5.97 Å². The monoisotopic (exact) mass is 366 g/mol. The lowest BCUT2D eigenvalue weighted by atomic mass is 9.39. The van der Waals surface area contributed by atoms with E-state index in [0.29, 0.717) is 6.42 Å². The molecule has 6 heteroatoms. The van der Waals surface area contributed by atoms with E-state index in [9.17, 15) is 4.79 Å². The SMILES string of the molecule is C/C=C1/CN2[C@H]3OC4C[C@@]56c7ccccc7N[C@]5(O4)[C@@H]2C[C@@H]1[C@@]36C(=O)OC. The summed E-state index contributed by atoms with van der Waals surface area (Å²) in [6, 6.07) is 8.57. The molecule has 8 atom stereocenters. The van der Waals surface area contributed by atoms with E-state index in [0.717, 1.165) is 18.7 Å². The number of piperidine rings is 4. The van der Waals surface area contributed by atoms with Crippen molar-refractivity contribution in [2.24, 2.45) is 11.3 Å². The van der Waals surface area contributed by atoms with E-state index in [2.05, 4.69) is 41.4 Å². The second-order valence-corrected chi connectivity index (χ2v) is 8.75. The number of ether oxygens (including phenoxy) is 3. The van der Waals surface area contributed by atoms with Crippen LogP contribution in [-0.2, 0) is 24.4 Å². The molecule has 1 N–H and O–H groups in total. The Labute approximate surface area is 157 Å². The van der Waals surface area contributed by atoms with Crippen LogP contribution in [0, 0.1) is 11.3 Å². The van der Waals surface area contributed by atoms with Gasteiger partial charge in [-0.15, -0.1) is 0 Å². The molecule has 0 aromatic heterocycles. The van der Waals surface area contributed by atoms with Crippen molar-refractivity contribution in [2.45, 2.75) is 49.5 Å². The Morgan fingerprint density at radius 3 is 3.07 bits per heavy atom. The van der Waals surface area contributed by atoms with E-state index in [1.54, 1.807) is 0 Å². The van der Waals surface area contributed by atoms with Crippen molar-refractivity contribution in [1.29, 1.82) is 0 Å². The highest BCUT2D eigenvalue weighted by Crippen LogP contribution is 2.79. The van der Waals surface area contributed by atoms with Crippen LogP contribution in [0.1, 0.15) is 25.3 Å². The standard InChI is InChI=1S/C21H22N2O4/c1-3-11-10-23-15-8-13(11)20(18(24)25-2)17(23)26-16-9-19(20)12-6-4-5-7-14(12)22-21(15,19)27-16/h3-7,13,15-17,22H,8-10H2,1-2H3/b11-3-/t13-,15-,16?,17-,19-,20-,21-/m0/s1. The van der Waals surface area contributed by atoms with Crippen LogP contribution in [-0.4, -0.2) is 48.8 Å². The number of carbonyl (C=O) groups excluding carboxylic acids is 1. The number of hydrogen-bond acceptors (Lipinski definition) is 6. The van der Waals surface area contributed by atoms with Crippen LogP contribution in [0.3, 0.4) is 0 Å². The number of para-hydroxylation sites is 1. The van der Waals surface area contributed by atoms with Gasteiger partial charge in [0.2, 0.25) is 0 Å². The summed E-state index contributed by atoms with van der Waals surface area (Å²) in [5.41, 5.74) is 1.73. The molecular formula is C21H22N2O4. The van der Waals surface area contributed by atoms with Crippen molar-refractivity contribution >= 4 is 11.7 Å². The molecule has 1 aromatic rings. The molecule has 7 heterocycles. The number of hydrogen-bond donors (Lipinski definition) is 1. The second kappa shape index (κ2) is 4.24. The average Bonchev–Trinajstić information content (AvgIpc) is 3.11. The molecule has 1 aliphatic carbocycles. The van der Waals surface area contributed by atoms with E-state index in [-0.39, 0.29) is 30.4 Å². The molecule has 1 saturated carbocycles. The Balaban J connectivity index is 1.63. The molecule has 0 radical (unpaired) electrons. The third-order valence-electron chi connectivity index (χ3n) is 8.39. The maximum Gasteiger partial charge on any atom is 0.317 e. The zero-order valence-corrected chi connectivity index (χ0v) is 15.4. The smallest absolute Gasteiger partial charge is 0.317 e. The van der Waals surface area contributed by atoms with Crippen LogP contribution in [0.25, 0.3) is 0 Å². The number of nitrogens with zero attached hydrogens (tertiary/aromatic N) is 1. The lowest BCUT2D eigenvalue weighted by Gasteiger charge is -2.73. The Kier molecular flexibility index (Phi) is 2.37. The van der Waals surface area contributed by atoms with Gasteiger partial charge < -0.3 is 19.5 Å². The fourth-order valence-corrected chi connectivity index (χ4v) is 7.80. The minimum atomic E-state index is -0.788. The van der Waals surface area contributed by atoms with Crippen molar-refractivity contribution in [2.75, 3.05) is 19.0 Å². The molecule has 1 spiro atoms. The Hall–Kier alpha value is -1.89. The van der Waals surface area contributed by atoms with E-state index < -0.39 is 16.6 Å². The van der Waals surface area contributed by atoms with Crippen molar-refractivity contribution in [3.8, 4) is 0 Å². The van der Waals surface area contributed by atoms with Gasteiger partial charge in [-0.2, -0.15) is 0 Å². The fourth-order valence-electron chi connectivity index (χ4n) is 7.80. The summed E-state index contributed by atoms with van der Waals surface area (Å²) >= 11 is 0. The number of benzene rings is 1. The van der Waals surface area contributed by atoms with Gasteiger partial charge in [-0.3, -0.25) is 9.69 Å². The molecule has 0 amide bonds. The first-order chi connectivity index (χ1) is 13.1. The molecule has 2 unspecified atom stereocenters. The molecule has 7 bridgehead atoms. The van der Waals surface area contributed by atoms with Crippen LogP contribution in [0.4, 0.5) is 5.69 Å². The number of carbonyl (C=O) groups is 1. The van der Waals surface area contributed by atoms with E-state index in [1.807, 2.05) is 6.07 Å². The Morgan fingerprint density at radius 2 is 2.26 bits per heavy atom. The summed E-state index contributed by atoms with van der Waals surface area (Å²) in [7, 11) is 1.51. The van der Waals surface area contributed by atoms with Gasteiger partial charge in [0.15, 0.2) is 12.0 Å². The molecule has 7 fully saturated rings. The lowest BCUT2D eigenvalue weighted by Crippen LogP contribution is -2.88. The maximum absolute atomic E-state index is 13.7. The highest BCUT2D eigenvalue weighted by Gasteiger charge is 2.92. The summed E-state index contributed by atoms with van der Waals surface area (Å²) < 4.78 is 18.6. The zero-order valence-electron chi connectivity index (χ0n) is 15.4. The van der Waals surface area contributed by atoms with Crippen LogP contribution in [0.15, 0.2) is 35.9 Å². The number of nitrogens with one attached hydrogen (secondary N) is 1. The predicted molar refractivity (Wildman–Crippen MR) is 95.6 cm³/mol. The summed E-state index contributed by atoms with van der Waals surface area (Å²) in [5, 5.41) is 3.74. The molecule has 7 aliphatic heterocycles. The van der Waals surface area contributed by atoms with E-state index >= 15 is 0 Å². The van der Waals surface area contributed by atoms with Crippen LogP contribution in [0.5, 0.6) is 0 Å². The average molecular weight is 366 g/mol. The molecular weight excluding hydrogens is 344 g/mol. The quantitative estimate of drug-likeness (QED) is 0.606. The van der Waals surface area contributed by atoms with Gasteiger partial charge in [0.1, 0.15) is 11.6 Å². The molecule has 8 aliphatic rings. The molecule has 9 rings (SSSR count). The molecule has 140 valence electrons. The molecule has 6 nitrogen and oxygen atoms in total.